The van der Waals surface area contributed by atoms with Crippen LogP contribution in [-0.4, -0.2) is 37.6 Å². The highest BCUT2D eigenvalue weighted by Gasteiger charge is 2.54. The summed E-state index contributed by atoms with van der Waals surface area (Å²) in [6.07, 6.45) is 0.395. The maximum absolute atomic E-state index is 14.4. The third-order valence-corrected chi connectivity index (χ3v) is 4.55. The summed E-state index contributed by atoms with van der Waals surface area (Å²) < 4.78 is 24.4. The Hall–Kier alpha value is -2.40. The summed E-state index contributed by atoms with van der Waals surface area (Å²) in [7, 11) is 1.45. The Labute approximate surface area is 144 Å². The van der Waals surface area contributed by atoms with Crippen molar-refractivity contribution in [3.63, 3.8) is 0 Å². The second kappa shape index (κ2) is 6.24. The van der Waals surface area contributed by atoms with E-state index in [-0.39, 0.29) is 11.7 Å². The molecule has 1 aromatic carbocycles. The smallest absolute Gasteiger partial charge is 0.414 e. The normalized spacial score (nSPS) is 21.0. The zero-order valence-electron chi connectivity index (χ0n) is 13.0. The van der Waals surface area contributed by atoms with Crippen LogP contribution in [0.15, 0.2) is 18.2 Å². The van der Waals surface area contributed by atoms with Crippen molar-refractivity contribution in [2.24, 2.45) is 0 Å². The molecule has 0 radical (unpaired) electrons. The number of halogens is 1. The molecule has 1 N–H and O–H groups in total. The van der Waals surface area contributed by atoms with Gasteiger partial charge in [-0.15, -0.1) is 0 Å². The number of amides is 1. The molecule has 1 amide bonds. The number of nitrogens with zero attached hydrogens (tertiary/aromatic N) is 2. The molecule has 0 unspecified atom stereocenters. The number of carbonyl (C=O) groups excluding carboxylic acids is 1. The first-order valence-electron chi connectivity index (χ1n) is 7.48. The minimum Gasteiger partial charge on any atom is -0.474 e. The van der Waals surface area contributed by atoms with E-state index in [1.165, 1.54) is 18.1 Å². The van der Waals surface area contributed by atoms with E-state index < -0.39 is 23.6 Å². The van der Waals surface area contributed by atoms with Crippen molar-refractivity contribution < 1.29 is 18.7 Å². The van der Waals surface area contributed by atoms with Crippen LogP contribution in [-0.2, 0) is 15.0 Å². The summed E-state index contributed by atoms with van der Waals surface area (Å²) in [6.45, 7) is 7.82. The first kappa shape index (κ1) is 16.5. The van der Waals surface area contributed by atoms with Crippen molar-refractivity contribution >= 4 is 29.2 Å². The second-order valence-corrected chi connectivity index (χ2v) is 6.17. The minimum absolute atomic E-state index is 0.216. The van der Waals surface area contributed by atoms with E-state index in [9.17, 15) is 9.18 Å². The lowest BCUT2D eigenvalue weighted by Gasteiger charge is -2.15. The van der Waals surface area contributed by atoms with Gasteiger partial charge in [0.05, 0.1) is 31.5 Å². The zero-order chi connectivity index (χ0) is 17.3. The molecule has 6 nitrogen and oxygen atoms in total. The van der Waals surface area contributed by atoms with Gasteiger partial charge in [0.2, 0.25) is 0 Å². The summed E-state index contributed by atoms with van der Waals surface area (Å²) in [5.74, 6) is -0.462. The maximum atomic E-state index is 14.4. The number of benzene rings is 1. The van der Waals surface area contributed by atoms with E-state index in [1.807, 2.05) is 0 Å². The van der Waals surface area contributed by atoms with Crippen LogP contribution in [0.1, 0.15) is 18.4 Å². The lowest BCUT2D eigenvalue weighted by molar-refractivity contribution is 0.142. The van der Waals surface area contributed by atoms with Crippen molar-refractivity contribution in [3.05, 3.63) is 41.0 Å². The quantitative estimate of drug-likeness (QED) is 0.669. The molecule has 1 aromatic rings. The summed E-state index contributed by atoms with van der Waals surface area (Å²) in [6, 6.07) is 4.53. The lowest BCUT2D eigenvalue weighted by atomic mass is 10.0. The fourth-order valence-corrected chi connectivity index (χ4v) is 2.80. The fourth-order valence-electron chi connectivity index (χ4n) is 2.72. The Morgan fingerprint density at radius 2 is 2.38 bits per heavy atom. The predicted molar refractivity (Wildman–Crippen MR) is 89.1 cm³/mol. The van der Waals surface area contributed by atoms with Crippen molar-refractivity contribution in [3.8, 4) is 0 Å². The molecule has 1 saturated carbocycles. The SMILES string of the molecule is [C-]#[N+]C1(c2ccc(N3C[C@H](CNC(=S)OC)OC3=O)cc2F)CC1. The Balaban J connectivity index is 1.71. The van der Waals surface area contributed by atoms with Gasteiger partial charge in [0.1, 0.15) is 11.9 Å². The molecule has 0 aromatic heterocycles. The van der Waals surface area contributed by atoms with Gasteiger partial charge < -0.3 is 19.6 Å². The van der Waals surface area contributed by atoms with Crippen LogP contribution in [0.2, 0.25) is 0 Å². The molecule has 1 atom stereocenters. The molecule has 2 fully saturated rings. The van der Waals surface area contributed by atoms with Crippen molar-refractivity contribution in [1.29, 1.82) is 0 Å². The first-order valence-corrected chi connectivity index (χ1v) is 7.88. The van der Waals surface area contributed by atoms with Gasteiger partial charge in [-0.2, -0.15) is 0 Å². The highest BCUT2D eigenvalue weighted by atomic mass is 32.1. The van der Waals surface area contributed by atoms with Crippen molar-refractivity contribution in [2.45, 2.75) is 24.5 Å². The maximum Gasteiger partial charge on any atom is 0.414 e. The molecule has 0 spiro atoms. The van der Waals surface area contributed by atoms with E-state index in [0.29, 0.717) is 30.6 Å². The van der Waals surface area contributed by atoms with Crippen LogP contribution in [0.3, 0.4) is 0 Å². The zero-order valence-corrected chi connectivity index (χ0v) is 13.9. The third kappa shape index (κ3) is 2.99. The van der Waals surface area contributed by atoms with E-state index in [4.69, 9.17) is 28.3 Å². The number of anilines is 1. The number of cyclic esters (lactones) is 1. The number of nitrogens with one attached hydrogen (secondary N) is 1. The minimum atomic E-state index is -0.712. The number of methoxy groups -OCH3 is 1. The van der Waals surface area contributed by atoms with Crippen molar-refractivity contribution in [1.82, 2.24) is 5.32 Å². The number of carbonyl (C=O) groups is 1. The number of hydrogen-bond acceptors (Lipinski definition) is 4. The van der Waals surface area contributed by atoms with Gasteiger partial charge in [-0.3, -0.25) is 4.90 Å². The first-order chi connectivity index (χ1) is 11.5. The largest absolute Gasteiger partial charge is 0.474 e. The number of thiocarbonyl (C=S) groups is 1. The van der Waals surface area contributed by atoms with Gasteiger partial charge in [0, 0.05) is 12.8 Å². The fraction of sp³-hybridized carbons (Fsp3) is 0.438. The number of hydrogen-bond donors (Lipinski definition) is 1. The molecule has 2 aliphatic rings. The number of rotatable bonds is 4. The van der Waals surface area contributed by atoms with Crippen LogP contribution in [0, 0.1) is 12.4 Å². The summed E-state index contributed by atoms with van der Waals surface area (Å²) >= 11 is 4.86. The second-order valence-electron chi connectivity index (χ2n) is 5.80. The topological polar surface area (TPSA) is 55.2 Å². The van der Waals surface area contributed by atoms with Crippen molar-refractivity contribution in [2.75, 3.05) is 25.1 Å². The Bertz CT molecular complexity index is 730. The van der Waals surface area contributed by atoms with Gasteiger partial charge in [-0.25, -0.2) is 15.8 Å². The van der Waals surface area contributed by atoms with Crippen LogP contribution >= 0.6 is 12.2 Å². The molecule has 3 rings (SSSR count). The molecule has 1 heterocycles. The lowest BCUT2D eigenvalue weighted by Crippen LogP contribution is -2.34. The van der Waals surface area contributed by atoms with Gasteiger partial charge in [-0.05, 0) is 30.4 Å². The van der Waals surface area contributed by atoms with Gasteiger partial charge in [0.25, 0.3) is 10.7 Å². The van der Waals surface area contributed by atoms with Crippen LogP contribution in [0.5, 0.6) is 0 Å². The van der Waals surface area contributed by atoms with Crippen LogP contribution in [0.4, 0.5) is 14.9 Å². The molecule has 8 heteroatoms. The highest BCUT2D eigenvalue weighted by Crippen LogP contribution is 2.50. The summed E-state index contributed by atoms with van der Waals surface area (Å²) in [4.78, 5) is 16.9. The molecule has 1 aliphatic carbocycles. The number of ether oxygens (including phenoxy) is 2. The van der Waals surface area contributed by atoms with E-state index in [0.717, 1.165) is 0 Å². The Kier molecular flexibility index (Phi) is 4.28. The monoisotopic (exact) mass is 349 g/mol. The van der Waals surface area contributed by atoms with Gasteiger partial charge >= 0.3 is 6.09 Å². The van der Waals surface area contributed by atoms with Crippen LogP contribution in [0.25, 0.3) is 4.85 Å². The molecule has 24 heavy (non-hydrogen) atoms. The summed E-state index contributed by atoms with van der Waals surface area (Å²) in [5.41, 5.74) is 0.104. The molecule has 1 saturated heterocycles. The standard InChI is InChI=1S/C16H16FN3O3S/c1-18-16(5-6-16)12-4-3-10(7-13(12)17)20-9-11(23-15(20)21)8-19-14(24)22-2/h3-4,7,11H,5-6,8-9H2,2H3,(H,19,24)/t11-/m0/s1. The van der Waals surface area contributed by atoms with Gasteiger partial charge in [0.15, 0.2) is 0 Å². The van der Waals surface area contributed by atoms with E-state index in [2.05, 4.69) is 10.2 Å². The molecule has 1 aliphatic heterocycles. The molecule has 0 bridgehead atoms. The highest BCUT2D eigenvalue weighted by molar-refractivity contribution is 7.80. The summed E-state index contributed by atoms with van der Waals surface area (Å²) in [5, 5.41) is 3.04. The third-order valence-electron chi connectivity index (χ3n) is 4.24. The van der Waals surface area contributed by atoms with E-state index >= 15 is 0 Å². The van der Waals surface area contributed by atoms with E-state index in [1.54, 1.807) is 12.1 Å². The average molecular weight is 349 g/mol. The molecular formula is C16H16FN3O3S. The Morgan fingerprint density at radius 1 is 1.62 bits per heavy atom. The predicted octanol–water partition coefficient (Wildman–Crippen LogP) is 2.58. The molecular weight excluding hydrogens is 333 g/mol. The van der Waals surface area contributed by atoms with Crippen LogP contribution < -0.4 is 10.2 Å². The van der Waals surface area contributed by atoms with Gasteiger partial charge in [-0.1, -0.05) is 0 Å². The Morgan fingerprint density at radius 3 is 2.96 bits per heavy atom. The average Bonchev–Trinajstić information content (AvgIpc) is 3.29. The molecule has 126 valence electrons.